The Hall–Kier alpha value is -2.13. The molecule has 150 valence electrons. The van der Waals surface area contributed by atoms with Gasteiger partial charge in [0.15, 0.2) is 0 Å². The van der Waals surface area contributed by atoms with Crippen molar-refractivity contribution in [3.8, 4) is 5.75 Å². The summed E-state index contributed by atoms with van der Waals surface area (Å²) in [5.41, 5.74) is 0.477. The molecule has 0 unspecified atom stereocenters. The van der Waals surface area contributed by atoms with Gasteiger partial charge < -0.3 is 14.8 Å². The summed E-state index contributed by atoms with van der Waals surface area (Å²) in [6, 6.07) is 12.9. The van der Waals surface area contributed by atoms with Crippen LogP contribution in [0.3, 0.4) is 0 Å². The molecule has 0 aromatic heterocycles. The van der Waals surface area contributed by atoms with Crippen molar-refractivity contribution in [2.45, 2.75) is 4.90 Å². The lowest BCUT2D eigenvalue weighted by atomic mass is 10.2. The molecule has 0 saturated carbocycles. The number of halogens is 1. The molecule has 0 atom stereocenters. The van der Waals surface area contributed by atoms with E-state index in [2.05, 4.69) is 5.32 Å². The van der Waals surface area contributed by atoms with Crippen molar-refractivity contribution in [2.75, 3.05) is 39.5 Å². The molecule has 1 aliphatic rings. The molecule has 9 heteroatoms. The van der Waals surface area contributed by atoms with E-state index in [1.54, 1.807) is 36.4 Å². The van der Waals surface area contributed by atoms with E-state index in [9.17, 15) is 13.2 Å². The third-order valence-electron chi connectivity index (χ3n) is 4.17. The molecule has 0 radical (unpaired) electrons. The van der Waals surface area contributed by atoms with Crippen LogP contribution in [0.5, 0.6) is 5.75 Å². The third-order valence-corrected chi connectivity index (χ3v) is 6.32. The molecule has 1 saturated heterocycles. The van der Waals surface area contributed by atoms with E-state index in [0.29, 0.717) is 49.2 Å². The second-order valence-corrected chi connectivity index (χ2v) is 8.48. The number of benzene rings is 2. The van der Waals surface area contributed by atoms with Crippen LogP contribution in [-0.2, 0) is 14.8 Å². The highest BCUT2D eigenvalue weighted by Crippen LogP contribution is 2.20. The van der Waals surface area contributed by atoms with Crippen LogP contribution < -0.4 is 10.1 Å². The second kappa shape index (κ2) is 9.38. The van der Waals surface area contributed by atoms with Crippen LogP contribution in [0.4, 0.5) is 0 Å². The summed E-state index contributed by atoms with van der Waals surface area (Å²) in [4.78, 5) is 12.2. The summed E-state index contributed by atoms with van der Waals surface area (Å²) in [6.45, 7) is 2.07. The fourth-order valence-electron chi connectivity index (χ4n) is 2.71. The SMILES string of the molecule is O=C(NCCOc1ccc(S(=O)(=O)N2CCOCC2)cc1)c1cccc(Cl)c1. The lowest BCUT2D eigenvalue weighted by Crippen LogP contribution is -2.40. The number of nitrogens with one attached hydrogen (secondary N) is 1. The van der Waals surface area contributed by atoms with Gasteiger partial charge in [-0.1, -0.05) is 17.7 Å². The van der Waals surface area contributed by atoms with Crippen LogP contribution in [0.25, 0.3) is 0 Å². The van der Waals surface area contributed by atoms with E-state index >= 15 is 0 Å². The summed E-state index contributed by atoms with van der Waals surface area (Å²) < 4.78 is 37.3. The minimum absolute atomic E-state index is 0.219. The van der Waals surface area contributed by atoms with Crippen LogP contribution in [0.15, 0.2) is 53.4 Å². The smallest absolute Gasteiger partial charge is 0.251 e. The van der Waals surface area contributed by atoms with E-state index in [-0.39, 0.29) is 17.4 Å². The Bertz CT molecular complexity index is 912. The Morgan fingerprint density at radius 3 is 2.54 bits per heavy atom. The van der Waals surface area contributed by atoms with Crippen LogP contribution in [-0.4, -0.2) is 58.1 Å². The predicted octanol–water partition coefficient (Wildman–Crippen LogP) is 2.17. The highest BCUT2D eigenvalue weighted by atomic mass is 35.5. The van der Waals surface area contributed by atoms with E-state index in [1.165, 1.54) is 16.4 Å². The number of carbonyl (C=O) groups is 1. The zero-order valence-electron chi connectivity index (χ0n) is 15.1. The first-order valence-electron chi connectivity index (χ1n) is 8.81. The van der Waals surface area contributed by atoms with Gasteiger partial charge >= 0.3 is 0 Å². The van der Waals surface area contributed by atoms with E-state index in [0.717, 1.165) is 0 Å². The van der Waals surface area contributed by atoms with Crippen molar-refractivity contribution >= 4 is 27.5 Å². The molecule has 7 nitrogen and oxygen atoms in total. The quantitative estimate of drug-likeness (QED) is 0.688. The minimum atomic E-state index is -3.52. The number of nitrogens with zero attached hydrogens (tertiary/aromatic N) is 1. The Kier molecular flexibility index (Phi) is 6.90. The molecule has 2 aromatic carbocycles. The van der Waals surface area contributed by atoms with Gasteiger partial charge in [-0.15, -0.1) is 0 Å². The Morgan fingerprint density at radius 1 is 1.14 bits per heavy atom. The molecule has 0 aliphatic carbocycles. The molecule has 0 bridgehead atoms. The maximum atomic E-state index is 12.6. The molecule has 28 heavy (non-hydrogen) atoms. The number of hydrogen-bond donors (Lipinski definition) is 1. The van der Waals surface area contributed by atoms with Gasteiger partial charge in [-0.25, -0.2) is 8.42 Å². The van der Waals surface area contributed by atoms with Crippen molar-refractivity contribution in [2.24, 2.45) is 0 Å². The minimum Gasteiger partial charge on any atom is -0.492 e. The molecule has 1 amide bonds. The zero-order chi connectivity index (χ0) is 20.0. The van der Waals surface area contributed by atoms with E-state index < -0.39 is 10.0 Å². The van der Waals surface area contributed by atoms with Crippen molar-refractivity contribution in [3.63, 3.8) is 0 Å². The number of rotatable bonds is 7. The number of amides is 1. The van der Waals surface area contributed by atoms with Crippen LogP contribution >= 0.6 is 11.6 Å². The average Bonchev–Trinajstić information content (AvgIpc) is 2.72. The van der Waals surface area contributed by atoms with Crippen LogP contribution in [0.2, 0.25) is 5.02 Å². The fourth-order valence-corrected chi connectivity index (χ4v) is 4.31. The standard InChI is InChI=1S/C19H21ClN2O5S/c20-16-3-1-2-15(14-16)19(23)21-8-11-27-17-4-6-18(7-5-17)28(24,25)22-9-12-26-13-10-22/h1-7,14H,8-13H2,(H,21,23). The van der Waals surface area contributed by atoms with Gasteiger partial charge in [-0.2, -0.15) is 4.31 Å². The first-order valence-corrected chi connectivity index (χ1v) is 10.6. The van der Waals surface area contributed by atoms with Gasteiger partial charge in [0, 0.05) is 23.7 Å². The first kappa shape index (κ1) is 20.6. The number of carbonyl (C=O) groups excluding carboxylic acids is 1. The number of ether oxygens (including phenoxy) is 2. The summed E-state index contributed by atoms with van der Waals surface area (Å²) in [7, 11) is -3.52. The van der Waals surface area contributed by atoms with Gasteiger partial charge in [0.1, 0.15) is 12.4 Å². The Morgan fingerprint density at radius 2 is 1.86 bits per heavy atom. The highest BCUT2D eigenvalue weighted by Gasteiger charge is 2.26. The maximum absolute atomic E-state index is 12.6. The molecule has 2 aromatic rings. The average molecular weight is 425 g/mol. The second-order valence-electron chi connectivity index (χ2n) is 6.10. The lowest BCUT2D eigenvalue weighted by molar-refractivity contribution is 0.0730. The van der Waals surface area contributed by atoms with Gasteiger partial charge in [0.05, 0.1) is 24.7 Å². The maximum Gasteiger partial charge on any atom is 0.251 e. The number of morpholine rings is 1. The predicted molar refractivity (Wildman–Crippen MR) is 105 cm³/mol. The van der Waals surface area contributed by atoms with Gasteiger partial charge in [-0.3, -0.25) is 4.79 Å². The third kappa shape index (κ3) is 5.23. The first-order chi connectivity index (χ1) is 13.5. The monoisotopic (exact) mass is 424 g/mol. The highest BCUT2D eigenvalue weighted by molar-refractivity contribution is 7.89. The zero-order valence-corrected chi connectivity index (χ0v) is 16.7. The van der Waals surface area contributed by atoms with Crippen molar-refractivity contribution in [1.82, 2.24) is 9.62 Å². The molecule has 3 rings (SSSR count). The molecular formula is C19H21ClN2O5S. The largest absolute Gasteiger partial charge is 0.492 e. The van der Waals surface area contributed by atoms with Crippen molar-refractivity contribution in [3.05, 3.63) is 59.1 Å². The molecule has 1 aliphatic heterocycles. The van der Waals surface area contributed by atoms with E-state index in [4.69, 9.17) is 21.1 Å². The molecule has 1 heterocycles. The van der Waals surface area contributed by atoms with Crippen molar-refractivity contribution < 1.29 is 22.7 Å². The van der Waals surface area contributed by atoms with E-state index in [1.807, 2.05) is 0 Å². The normalized spacial score (nSPS) is 15.2. The van der Waals surface area contributed by atoms with Crippen LogP contribution in [0, 0.1) is 0 Å². The van der Waals surface area contributed by atoms with Crippen molar-refractivity contribution in [1.29, 1.82) is 0 Å². The summed E-state index contributed by atoms with van der Waals surface area (Å²) in [6.07, 6.45) is 0. The van der Waals surface area contributed by atoms with Crippen LogP contribution in [0.1, 0.15) is 10.4 Å². The molecular weight excluding hydrogens is 404 g/mol. The fraction of sp³-hybridized carbons (Fsp3) is 0.316. The summed E-state index contributed by atoms with van der Waals surface area (Å²) in [5, 5.41) is 3.23. The summed E-state index contributed by atoms with van der Waals surface area (Å²) in [5.74, 6) is 0.288. The topological polar surface area (TPSA) is 84.9 Å². The lowest BCUT2D eigenvalue weighted by Gasteiger charge is -2.26. The molecule has 1 N–H and O–H groups in total. The van der Waals surface area contributed by atoms with Gasteiger partial charge in [-0.05, 0) is 42.5 Å². The van der Waals surface area contributed by atoms with Gasteiger partial charge in [0.2, 0.25) is 10.0 Å². The number of sulfonamides is 1. The Balaban J connectivity index is 1.48. The summed E-state index contributed by atoms with van der Waals surface area (Å²) >= 11 is 5.87. The number of hydrogen-bond acceptors (Lipinski definition) is 5. The molecule has 1 fully saturated rings. The Labute approximate surface area is 169 Å². The molecule has 0 spiro atoms. The van der Waals surface area contributed by atoms with Gasteiger partial charge in [0.25, 0.3) is 5.91 Å².